The summed E-state index contributed by atoms with van der Waals surface area (Å²) in [6.45, 7) is 5.73. The van der Waals surface area contributed by atoms with Crippen molar-refractivity contribution in [3.8, 4) is 0 Å². The summed E-state index contributed by atoms with van der Waals surface area (Å²) in [6.07, 6.45) is 3.70. The molecule has 0 saturated carbocycles. The van der Waals surface area contributed by atoms with Crippen molar-refractivity contribution < 1.29 is 4.79 Å². The largest absolute Gasteiger partial charge is 0.377 e. The summed E-state index contributed by atoms with van der Waals surface area (Å²) in [5, 5.41) is 3.29. The molecule has 1 fully saturated rings. The molecule has 1 aromatic carbocycles. The number of carbonyl (C=O) groups is 1. The van der Waals surface area contributed by atoms with Gasteiger partial charge in [-0.1, -0.05) is 12.7 Å². The van der Waals surface area contributed by atoms with Gasteiger partial charge in [0.25, 0.3) is 0 Å². The molecular weight excluding hydrogens is 236 g/mol. The minimum Gasteiger partial charge on any atom is -0.377 e. The lowest BCUT2D eigenvalue weighted by Gasteiger charge is -2.22. The summed E-state index contributed by atoms with van der Waals surface area (Å²) in [5.74, 6) is 0.444. The van der Waals surface area contributed by atoms with Crippen molar-refractivity contribution in [3.05, 3.63) is 35.9 Å². The lowest BCUT2D eigenvalue weighted by molar-refractivity contribution is 0.0895. The van der Waals surface area contributed by atoms with Gasteiger partial charge in [-0.05, 0) is 49.7 Å². The Morgan fingerprint density at radius 1 is 1.37 bits per heavy atom. The predicted octanol–water partition coefficient (Wildman–Crippen LogP) is 2.58. The maximum absolute atomic E-state index is 12.5. The molecular formula is C16H22N2O. The van der Waals surface area contributed by atoms with Crippen molar-refractivity contribution >= 4 is 17.5 Å². The van der Waals surface area contributed by atoms with Crippen LogP contribution in [0.5, 0.6) is 0 Å². The van der Waals surface area contributed by atoms with E-state index in [0.29, 0.717) is 0 Å². The SMILES string of the molecule is C=Cc1cc(C(=O)C2CCNCC2)ccc1N(C)C. The van der Waals surface area contributed by atoms with Gasteiger partial charge in [-0.15, -0.1) is 0 Å². The lowest BCUT2D eigenvalue weighted by Crippen LogP contribution is -2.31. The quantitative estimate of drug-likeness (QED) is 0.842. The highest BCUT2D eigenvalue weighted by atomic mass is 16.1. The fourth-order valence-electron chi connectivity index (χ4n) is 2.60. The molecule has 2 rings (SSSR count). The number of rotatable bonds is 4. The third-order valence-electron chi connectivity index (χ3n) is 3.72. The van der Waals surface area contributed by atoms with E-state index in [1.54, 1.807) is 0 Å². The molecule has 0 amide bonds. The molecule has 0 spiro atoms. The number of hydrogen-bond donors (Lipinski definition) is 1. The van der Waals surface area contributed by atoms with E-state index in [1.807, 2.05) is 43.3 Å². The summed E-state index contributed by atoms with van der Waals surface area (Å²) in [7, 11) is 3.99. The zero-order valence-corrected chi connectivity index (χ0v) is 11.8. The van der Waals surface area contributed by atoms with Gasteiger partial charge in [0.15, 0.2) is 5.78 Å². The highest BCUT2D eigenvalue weighted by Crippen LogP contribution is 2.24. The smallest absolute Gasteiger partial charge is 0.166 e. The molecule has 0 atom stereocenters. The Morgan fingerprint density at radius 3 is 2.63 bits per heavy atom. The first-order valence-electron chi connectivity index (χ1n) is 6.82. The molecule has 1 aliphatic heterocycles. The Morgan fingerprint density at radius 2 is 2.05 bits per heavy atom. The second kappa shape index (κ2) is 6.02. The van der Waals surface area contributed by atoms with Crippen LogP contribution >= 0.6 is 0 Å². The first-order chi connectivity index (χ1) is 9.13. The molecule has 102 valence electrons. The first kappa shape index (κ1) is 13.8. The van der Waals surface area contributed by atoms with E-state index in [4.69, 9.17) is 0 Å². The molecule has 0 aliphatic carbocycles. The molecule has 1 saturated heterocycles. The summed E-state index contributed by atoms with van der Waals surface area (Å²) in [5.41, 5.74) is 2.93. The van der Waals surface area contributed by atoms with Gasteiger partial charge in [0, 0.05) is 31.3 Å². The molecule has 0 bridgehead atoms. The predicted molar refractivity (Wildman–Crippen MR) is 80.8 cm³/mol. The molecule has 0 aromatic heterocycles. The minimum atomic E-state index is 0.170. The van der Waals surface area contributed by atoms with Crippen LogP contribution in [0.4, 0.5) is 5.69 Å². The number of piperidine rings is 1. The van der Waals surface area contributed by atoms with Crippen LogP contribution in [0.1, 0.15) is 28.8 Å². The van der Waals surface area contributed by atoms with E-state index in [1.165, 1.54) is 0 Å². The first-order valence-corrected chi connectivity index (χ1v) is 6.82. The highest BCUT2D eigenvalue weighted by molar-refractivity contribution is 5.99. The lowest BCUT2D eigenvalue weighted by atomic mass is 9.89. The third kappa shape index (κ3) is 3.04. The van der Waals surface area contributed by atoms with Gasteiger partial charge in [-0.25, -0.2) is 0 Å². The molecule has 19 heavy (non-hydrogen) atoms. The zero-order chi connectivity index (χ0) is 13.8. The Balaban J connectivity index is 2.25. The van der Waals surface area contributed by atoms with Gasteiger partial charge in [0.1, 0.15) is 0 Å². The van der Waals surface area contributed by atoms with Crippen LogP contribution in [-0.2, 0) is 0 Å². The number of nitrogens with zero attached hydrogens (tertiary/aromatic N) is 1. The van der Waals surface area contributed by atoms with Crippen LogP contribution in [-0.4, -0.2) is 33.0 Å². The average molecular weight is 258 g/mol. The normalized spacial score (nSPS) is 16.1. The second-order valence-electron chi connectivity index (χ2n) is 5.26. The number of nitrogens with one attached hydrogen (secondary N) is 1. The number of carbonyl (C=O) groups excluding carboxylic acids is 1. The Labute approximate surface area is 115 Å². The number of benzene rings is 1. The van der Waals surface area contributed by atoms with Gasteiger partial charge >= 0.3 is 0 Å². The molecule has 1 aromatic rings. The van der Waals surface area contributed by atoms with Crippen LogP contribution in [0, 0.1) is 5.92 Å². The van der Waals surface area contributed by atoms with Gasteiger partial charge in [-0.3, -0.25) is 4.79 Å². The number of ketones is 1. The van der Waals surface area contributed by atoms with Gasteiger partial charge in [-0.2, -0.15) is 0 Å². The second-order valence-corrected chi connectivity index (χ2v) is 5.26. The minimum absolute atomic E-state index is 0.170. The summed E-state index contributed by atoms with van der Waals surface area (Å²) < 4.78 is 0. The fraction of sp³-hybridized carbons (Fsp3) is 0.438. The van der Waals surface area contributed by atoms with Crippen LogP contribution in [0.3, 0.4) is 0 Å². The van der Waals surface area contributed by atoms with Crippen molar-refractivity contribution in [1.29, 1.82) is 0 Å². The van der Waals surface area contributed by atoms with Gasteiger partial charge in [0.05, 0.1) is 0 Å². The van der Waals surface area contributed by atoms with Crippen molar-refractivity contribution in [2.24, 2.45) is 5.92 Å². The van der Waals surface area contributed by atoms with E-state index < -0.39 is 0 Å². The van der Waals surface area contributed by atoms with Gasteiger partial charge in [0.2, 0.25) is 0 Å². The fourth-order valence-corrected chi connectivity index (χ4v) is 2.60. The van der Waals surface area contributed by atoms with Crippen molar-refractivity contribution in [3.63, 3.8) is 0 Å². The van der Waals surface area contributed by atoms with Crippen LogP contribution in [0.25, 0.3) is 6.08 Å². The van der Waals surface area contributed by atoms with Gasteiger partial charge < -0.3 is 10.2 Å². The van der Waals surface area contributed by atoms with Crippen molar-refractivity contribution in [2.75, 3.05) is 32.1 Å². The maximum Gasteiger partial charge on any atom is 0.166 e. The standard InChI is InChI=1S/C16H22N2O/c1-4-12-11-14(5-6-15(12)18(2)3)16(19)13-7-9-17-10-8-13/h4-6,11,13,17H,1,7-10H2,2-3H3. The number of anilines is 1. The molecule has 0 unspecified atom stereocenters. The molecule has 1 heterocycles. The van der Waals surface area contributed by atoms with Crippen LogP contribution in [0.2, 0.25) is 0 Å². The van der Waals surface area contributed by atoms with E-state index in [-0.39, 0.29) is 11.7 Å². The topological polar surface area (TPSA) is 32.3 Å². The zero-order valence-electron chi connectivity index (χ0n) is 11.8. The Kier molecular flexibility index (Phi) is 4.38. The van der Waals surface area contributed by atoms with E-state index >= 15 is 0 Å². The summed E-state index contributed by atoms with van der Waals surface area (Å²) >= 11 is 0. The molecule has 1 N–H and O–H groups in total. The number of hydrogen-bond acceptors (Lipinski definition) is 3. The molecule has 0 radical (unpaired) electrons. The molecule has 3 nitrogen and oxygen atoms in total. The average Bonchev–Trinajstić information content (AvgIpc) is 2.46. The highest BCUT2D eigenvalue weighted by Gasteiger charge is 2.22. The van der Waals surface area contributed by atoms with E-state index in [0.717, 1.165) is 42.7 Å². The van der Waals surface area contributed by atoms with E-state index in [9.17, 15) is 4.79 Å². The summed E-state index contributed by atoms with van der Waals surface area (Å²) in [6, 6.07) is 5.91. The molecule has 1 aliphatic rings. The number of Topliss-reactive ketones (excluding diaryl/α,β-unsaturated/α-hetero) is 1. The van der Waals surface area contributed by atoms with E-state index in [2.05, 4.69) is 11.9 Å². The Hall–Kier alpha value is -1.61. The summed E-state index contributed by atoms with van der Waals surface area (Å²) in [4.78, 5) is 14.5. The third-order valence-corrected chi connectivity index (χ3v) is 3.72. The molecule has 3 heteroatoms. The Bertz CT molecular complexity index is 474. The monoisotopic (exact) mass is 258 g/mol. The van der Waals surface area contributed by atoms with Crippen LogP contribution < -0.4 is 10.2 Å². The van der Waals surface area contributed by atoms with Crippen molar-refractivity contribution in [2.45, 2.75) is 12.8 Å². The van der Waals surface area contributed by atoms with Crippen molar-refractivity contribution in [1.82, 2.24) is 5.32 Å². The maximum atomic E-state index is 12.5. The van der Waals surface area contributed by atoms with Crippen LogP contribution in [0.15, 0.2) is 24.8 Å².